The molecule has 0 saturated carbocycles. The molecule has 3 aromatic rings. The first-order chi connectivity index (χ1) is 15.5. The summed E-state index contributed by atoms with van der Waals surface area (Å²) in [4.78, 5) is 20.7. The molecule has 1 aromatic carbocycles. The molecule has 1 aliphatic heterocycles. The van der Waals surface area contributed by atoms with Crippen LogP contribution in [0.15, 0.2) is 46.8 Å². The van der Waals surface area contributed by atoms with E-state index in [2.05, 4.69) is 9.88 Å². The van der Waals surface area contributed by atoms with Gasteiger partial charge in [0.1, 0.15) is 15.6 Å². The molecule has 7 nitrogen and oxygen atoms in total. The topological polar surface area (TPSA) is 79.8 Å². The largest absolute Gasteiger partial charge is 0.444 e. The summed E-state index contributed by atoms with van der Waals surface area (Å²) in [6.45, 7) is 9.79. The second kappa shape index (κ2) is 8.95. The molecule has 0 bridgehead atoms. The van der Waals surface area contributed by atoms with Crippen molar-refractivity contribution in [2.24, 2.45) is 0 Å². The molecule has 176 valence electrons. The number of hydrogen-bond donors (Lipinski definition) is 0. The fraction of sp³-hybridized carbons (Fsp3) is 0.417. The number of fused-ring (bicyclic) bond motifs is 1. The van der Waals surface area contributed by atoms with Gasteiger partial charge in [-0.05, 0) is 45.4 Å². The summed E-state index contributed by atoms with van der Waals surface area (Å²) < 4.78 is 32.9. The van der Waals surface area contributed by atoms with Crippen molar-refractivity contribution < 1.29 is 17.9 Å². The van der Waals surface area contributed by atoms with Crippen molar-refractivity contribution in [2.45, 2.75) is 43.3 Å². The van der Waals surface area contributed by atoms with Crippen molar-refractivity contribution in [1.29, 1.82) is 0 Å². The third-order valence-corrected chi connectivity index (χ3v) is 8.77. The van der Waals surface area contributed by atoms with Crippen LogP contribution in [0.1, 0.15) is 31.9 Å². The fourth-order valence-electron chi connectivity index (χ4n) is 3.73. The minimum Gasteiger partial charge on any atom is -0.444 e. The number of piperazine rings is 1. The number of thiophene rings is 1. The van der Waals surface area contributed by atoms with E-state index < -0.39 is 15.4 Å². The summed E-state index contributed by atoms with van der Waals surface area (Å²) in [5.74, 6) is 0.724. The van der Waals surface area contributed by atoms with Gasteiger partial charge >= 0.3 is 6.09 Å². The zero-order chi connectivity index (χ0) is 23.8. The molecule has 3 heterocycles. The summed E-state index contributed by atoms with van der Waals surface area (Å²) in [7, 11) is -3.47. The van der Waals surface area contributed by atoms with Crippen LogP contribution in [0.2, 0.25) is 0 Å². The minimum absolute atomic E-state index is 0.0303. The first kappa shape index (κ1) is 23.5. The number of rotatable bonds is 4. The SMILES string of the molecule is Cc1ccc(CS(=O)(=O)c2cc3c(N4CCN(C(=O)OC(C)(C)C)CC4)nccc3s2)cc1. The van der Waals surface area contributed by atoms with E-state index >= 15 is 0 Å². The highest BCUT2D eigenvalue weighted by atomic mass is 32.2. The molecule has 1 amide bonds. The van der Waals surface area contributed by atoms with Gasteiger partial charge in [0.2, 0.25) is 0 Å². The van der Waals surface area contributed by atoms with E-state index in [0.29, 0.717) is 30.4 Å². The van der Waals surface area contributed by atoms with Crippen molar-refractivity contribution in [3.63, 3.8) is 0 Å². The molecule has 0 atom stereocenters. The third-order valence-electron chi connectivity index (χ3n) is 5.42. The first-order valence-corrected chi connectivity index (χ1v) is 13.4. The zero-order valence-electron chi connectivity index (χ0n) is 19.4. The first-order valence-electron chi connectivity index (χ1n) is 10.9. The number of amides is 1. The summed E-state index contributed by atoms with van der Waals surface area (Å²) in [6.07, 6.45) is 1.40. The average Bonchev–Trinajstić information content (AvgIpc) is 3.20. The van der Waals surface area contributed by atoms with E-state index in [0.717, 1.165) is 27.0 Å². The maximum absolute atomic E-state index is 13.1. The maximum atomic E-state index is 13.1. The summed E-state index contributed by atoms with van der Waals surface area (Å²) in [5, 5.41) is 0.829. The van der Waals surface area contributed by atoms with Crippen LogP contribution < -0.4 is 4.90 Å². The molecule has 1 saturated heterocycles. The Hall–Kier alpha value is -2.65. The number of nitrogens with zero attached hydrogens (tertiary/aromatic N) is 3. The molecule has 33 heavy (non-hydrogen) atoms. The van der Waals surface area contributed by atoms with Gasteiger partial charge in [-0.3, -0.25) is 0 Å². The molecule has 1 aliphatic rings. The van der Waals surface area contributed by atoms with Gasteiger partial charge in [-0.15, -0.1) is 11.3 Å². The smallest absolute Gasteiger partial charge is 0.410 e. The van der Waals surface area contributed by atoms with Crippen LogP contribution in [0.4, 0.5) is 10.6 Å². The number of anilines is 1. The predicted octanol–water partition coefficient (Wildman–Crippen LogP) is 4.64. The lowest BCUT2D eigenvalue weighted by molar-refractivity contribution is 0.0240. The standard InChI is InChI=1S/C24H29N3O4S2/c1-17-5-7-18(8-6-17)16-33(29,30)21-15-19-20(32-21)9-10-25-22(19)26-11-13-27(14-12-26)23(28)31-24(2,3)4/h5-10,15H,11-14,16H2,1-4H3. The monoisotopic (exact) mass is 487 g/mol. The highest BCUT2D eigenvalue weighted by Gasteiger charge is 2.28. The Morgan fingerprint density at radius 1 is 1.09 bits per heavy atom. The van der Waals surface area contributed by atoms with E-state index in [9.17, 15) is 13.2 Å². The number of aromatic nitrogens is 1. The lowest BCUT2D eigenvalue weighted by Crippen LogP contribution is -2.50. The molecule has 0 unspecified atom stereocenters. The van der Waals surface area contributed by atoms with Gasteiger partial charge in [-0.2, -0.15) is 0 Å². The van der Waals surface area contributed by atoms with E-state index in [4.69, 9.17) is 4.74 Å². The van der Waals surface area contributed by atoms with Gasteiger partial charge in [-0.25, -0.2) is 18.2 Å². The Bertz CT molecular complexity index is 1250. The van der Waals surface area contributed by atoms with Gasteiger partial charge < -0.3 is 14.5 Å². The number of hydrogen-bond acceptors (Lipinski definition) is 7. The van der Waals surface area contributed by atoms with E-state index in [1.54, 1.807) is 17.2 Å². The summed E-state index contributed by atoms with van der Waals surface area (Å²) in [6, 6.07) is 11.2. The Morgan fingerprint density at radius 3 is 2.39 bits per heavy atom. The molecular formula is C24H29N3O4S2. The zero-order valence-corrected chi connectivity index (χ0v) is 21.0. The summed E-state index contributed by atoms with van der Waals surface area (Å²) >= 11 is 1.28. The van der Waals surface area contributed by atoms with Gasteiger partial charge in [0, 0.05) is 42.5 Å². The van der Waals surface area contributed by atoms with Crippen LogP contribution in [-0.2, 0) is 20.3 Å². The van der Waals surface area contributed by atoms with Crippen molar-refractivity contribution in [2.75, 3.05) is 31.1 Å². The van der Waals surface area contributed by atoms with Crippen LogP contribution in [0, 0.1) is 6.92 Å². The van der Waals surface area contributed by atoms with Crippen LogP contribution in [0.5, 0.6) is 0 Å². The molecule has 0 N–H and O–H groups in total. The number of benzene rings is 1. The lowest BCUT2D eigenvalue weighted by Gasteiger charge is -2.36. The average molecular weight is 488 g/mol. The van der Waals surface area contributed by atoms with Crippen molar-refractivity contribution in [1.82, 2.24) is 9.88 Å². The molecule has 0 aliphatic carbocycles. The van der Waals surface area contributed by atoms with Crippen molar-refractivity contribution >= 4 is 43.2 Å². The van der Waals surface area contributed by atoms with Crippen molar-refractivity contribution in [3.05, 3.63) is 53.7 Å². The highest BCUT2D eigenvalue weighted by Crippen LogP contribution is 2.35. The Labute approximate surface area is 198 Å². The normalized spacial score (nSPS) is 15.2. The number of aryl methyl sites for hydroxylation is 1. The molecule has 9 heteroatoms. The van der Waals surface area contributed by atoms with Gasteiger partial charge in [-0.1, -0.05) is 29.8 Å². The Kier molecular flexibility index (Phi) is 6.37. The Balaban J connectivity index is 1.52. The number of carbonyl (C=O) groups is 1. The Morgan fingerprint density at radius 2 is 1.76 bits per heavy atom. The van der Waals surface area contributed by atoms with Gasteiger partial charge in [0.25, 0.3) is 0 Å². The summed E-state index contributed by atoms with van der Waals surface area (Å²) in [5.41, 5.74) is 1.34. The molecule has 2 aromatic heterocycles. The van der Waals surface area contributed by atoms with E-state index in [1.807, 2.05) is 58.0 Å². The molecule has 4 rings (SSSR count). The van der Waals surface area contributed by atoms with Crippen LogP contribution in [-0.4, -0.2) is 56.2 Å². The minimum atomic E-state index is -3.47. The molecule has 0 radical (unpaired) electrons. The highest BCUT2D eigenvalue weighted by molar-refractivity contribution is 7.92. The van der Waals surface area contributed by atoms with Crippen LogP contribution in [0.3, 0.4) is 0 Å². The lowest BCUT2D eigenvalue weighted by atomic mass is 10.2. The number of sulfone groups is 1. The van der Waals surface area contributed by atoms with Crippen LogP contribution in [0.25, 0.3) is 10.1 Å². The van der Waals surface area contributed by atoms with E-state index in [-0.39, 0.29) is 11.8 Å². The number of pyridine rings is 1. The quantitative estimate of drug-likeness (QED) is 0.534. The predicted molar refractivity (Wildman–Crippen MR) is 132 cm³/mol. The fourth-order valence-corrected chi connectivity index (χ4v) is 6.54. The van der Waals surface area contributed by atoms with Gasteiger partial charge in [0.05, 0.1) is 5.75 Å². The number of carbonyl (C=O) groups excluding carboxylic acids is 1. The number of ether oxygens (including phenoxy) is 1. The molecular weight excluding hydrogens is 458 g/mol. The maximum Gasteiger partial charge on any atom is 0.410 e. The second-order valence-electron chi connectivity index (χ2n) is 9.31. The molecule has 1 fully saturated rings. The van der Waals surface area contributed by atoms with Crippen molar-refractivity contribution in [3.8, 4) is 0 Å². The van der Waals surface area contributed by atoms with Gasteiger partial charge in [0.15, 0.2) is 9.84 Å². The third kappa shape index (κ3) is 5.47. The second-order valence-corrected chi connectivity index (χ2v) is 12.6. The van der Waals surface area contributed by atoms with Crippen LogP contribution >= 0.6 is 11.3 Å². The van der Waals surface area contributed by atoms with E-state index in [1.165, 1.54) is 11.3 Å². The molecule has 0 spiro atoms.